The summed E-state index contributed by atoms with van der Waals surface area (Å²) in [5, 5.41) is 12.2. The van der Waals surface area contributed by atoms with E-state index < -0.39 is 12.1 Å². The number of hydrogen-bond acceptors (Lipinski definition) is 4. The van der Waals surface area contributed by atoms with Gasteiger partial charge in [0.05, 0.1) is 0 Å². The molecule has 7 heteroatoms. The van der Waals surface area contributed by atoms with Crippen molar-refractivity contribution in [3.63, 3.8) is 0 Å². The van der Waals surface area contributed by atoms with E-state index in [1.807, 2.05) is 24.3 Å². The van der Waals surface area contributed by atoms with Crippen molar-refractivity contribution in [3.05, 3.63) is 59.7 Å². The van der Waals surface area contributed by atoms with Crippen LogP contribution in [0.5, 0.6) is 0 Å². The number of hydrogen-bond donors (Lipinski definition) is 2. The molecule has 2 fully saturated rings. The molecule has 0 radical (unpaired) electrons. The largest absolute Gasteiger partial charge is 0.480 e. The number of benzene rings is 2. The maximum atomic E-state index is 13.2. The first-order valence-corrected chi connectivity index (χ1v) is 12.6. The van der Waals surface area contributed by atoms with Gasteiger partial charge in [-0.15, -0.1) is 0 Å². The number of ether oxygens (including phenoxy) is 1. The van der Waals surface area contributed by atoms with E-state index in [4.69, 9.17) is 4.74 Å². The Morgan fingerprint density at radius 1 is 0.914 bits per heavy atom. The number of amides is 2. The number of carbonyl (C=O) groups is 3. The van der Waals surface area contributed by atoms with Gasteiger partial charge in [-0.1, -0.05) is 61.4 Å². The molecule has 0 heterocycles. The molecule has 35 heavy (non-hydrogen) atoms. The predicted octanol–water partition coefficient (Wildman–Crippen LogP) is 4.55. The van der Waals surface area contributed by atoms with E-state index in [1.165, 1.54) is 22.3 Å². The lowest BCUT2D eigenvalue weighted by molar-refractivity contribution is -0.148. The molecule has 0 aromatic heterocycles. The highest BCUT2D eigenvalue weighted by molar-refractivity contribution is 5.84. The number of aliphatic carboxylic acids is 1. The van der Waals surface area contributed by atoms with Crippen molar-refractivity contribution in [1.82, 2.24) is 10.2 Å². The van der Waals surface area contributed by atoms with E-state index in [1.54, 1.807) is 4.90 Å². The number of nitrogens with one attached hydrogen (secondary N) is 1. The average Bonchev–Trinajstić information content (AvgIpc) is 3.60. The molecule has 0 bridgehead atoms. The number of carboxylic acids is 1. The van der Waals surface area contributed by atoms with Gasteiger partial charge >= 0.3 is 12.1 Å². The quantitative estimate of drug-likeness (QED) is 0.611. The summed E-state index contributed by atoms with van der Waals surface area (Å²) in [6.07, 6.45) is 5.19. The van der Waals surface area contributed by atoms with Gasteiger partial charge in [0.15, 0.2) is 0 Å². The van der Waals surface area contributed by atoms with E-state index in [9.17, 15) is 19.5 Å². The van der Waals surface area contributed by atoms with Crippen LogP contribution in [0, 0.1) is 5.92 Å². The first-order valence-electron chi connectivity index (χ1n) is 12.6. The minimum absolute atomic E-state index is 0.00189. The molecule has 3 aliphatic carbocycles. The van der Waals surface area contributed by atoms with Crippen molar-refractivity contribution in [2.24, 2.45) is 5.92 Å². The molecule has 0 spiro atoms. The van der Waals surface area contributed by atoms with Crippen molar-refractivity contribution in [2.75, 3.05) is 13.2 Å². The van der Waals surface area contributed by atoms with Crippen LogP contribution in [0.15, 0.2) is 48.5 Å². The lowest BCUT2D eigenvalue weighted by Crippen LogP contribution is -2.45. The highest BCUT2D eigenvalue weighted by atomic mass is 16.5. The van der Waals surface area contributed by atoms with Gasteiger partial charge in [-0.25, -0.2) is 4.79 Å². The third-order valence-electron chi connectivity index (χ3n) is 7.80. The van der Waals surface area contributed by atoms with E-state index in [2.05, 4.69) is 29.6 Å². The van der Waals surface area contributed by atoms with E-state index in [-0.39, 0.29) is 43.0 Å². The van der Waals surface area contributed by atoms with Gasteiger partial charge in [-0.3, -0.25) is 9.59 Å². The third-order valence-corrected chi connectivity index (χ3v) is 7.80. The lowest BCUT2D eigenvalue weighted by Gasteiger charge is -2.30. The number of carboxylic acid groups (broad SMARTS) is 1. The predicted molar refractivity (Wildman–Crippen MR) is 131 cm³/mol. The summed E-state index contributed by atoms with van der Waals surface area (Å²) in [5.41, 5.74) is 4.70. The van der Waals surface area contributed by atoms with E-state index in [0.29, 0.717) is 19.3 Å². The van der Waals surface area contributed by atoms with Gasteiger partial charge in [0, 0.05) is 23.9 Å². The molecular weight excluding hydrogens is 444 g/mol. The maximum Gasteiger partial charge on any atom is 0.407 e. The minimum Gasteiger partial charge on any atom is -0.480 e. The molecule has 2 aromatic carbocycles. The Morgan fingerprint density at radius 2 is 1.54 bits per heavy atom. The SMILES string of the molecule is O=C(O)CN(C(=O)[C@H]1CC[C@@H](NC(=O)OCC2c3ccccc3-c3ccccc32)C1)C1CCCC1. The maximum absolute atomic E-state index is 13.2. The molecule has 2 saturated carbocycles. The van der Waals surface area contributed by atoms with Gasteiger partial charge in [-0.05, 0) is 54.4 Å². The van der Waals surface area contributed by atoms with Crippen LogP contribution in [-0.4, -0.2) is 53.2 Å². The van der Waals surface area contributed by atoms with Crippen molar-refractivity contribution in [3.8, 4) is 11.1 Å². The third kappa shape index (κ3) is 4.90. The second kappa shape index (κ2) is 10.1. The Morgan fingerprint density at radius 3 is 2.17 bits per heavy atom. The minimum atomic E-state index is -0.975. The van der Waals surface area contributed by atoms with Crippen LogP contribution in [-0.2, 0) is 14.3 Å². The van der Waals surface area contributed by atoms with Crippen LogP contribution in [0.25, 0.3) is 11.1 Å². The topological polar surface area (TPSA) is 95.9 Å². The fraction of sp³-hybridized carbons (Fsp3) is 0.464. The van der Waals surface area contributed by atoms with E-state index >= 15 is 0 Å². The fourth-order valence-electron chi connectivity index (χ4n) is 6.13. The zero-order chi connectivity index (χ0) is 24.4. The molecule has 2 N–H and O–H groups in total. The van der Waals surface area contributed by atoms with Crippen LogP contribution in [0.1, 0.15) is 62.0 Å². The highest BCUT2D eigenvalue weighted by Crippen LogP contribution is 2.44. The zero-order valence-corrected chi connectivity index (χ0v) is 19.8. The number of fused-ring (bicyclic) bond motifs is 3. The highest BCUT2D eigenvalue weighted by Gasteiger charge is 2.37. The summed E-state index contributed by atoms with van der Waals surface area (Å²) < 4.78 is 5.66. The molecule has 0 unspecified atom stereocenters. The van der Waals surface area contributed by atoms with Crippen LogP contribution in [0.2, 0.25) is 0 Å². The van der Waals surface area contributed by atoms with Crippen molar-refractivity contribution in [2.45, 2.75) is 62.9 Å². The van der Waals surface area contributed by atoms with Gasteiger partial charge < -0.3 is 20.1 Å². The Balaban J connectivity index is 1.16. The molecular formula is C28H32N2O5. The molecule has 2 amide bonds. The molecule has 7 nitrogen and oxygen atoms in total. The summed E-state index contributed by atoms with van der Waals surface area (Å²) >= 11 is 0. The molecule has 184 valence electrons. The molecule has 2 atom stereocenters. The molecule has 3 aliphatic rings. The van der Waals surface area contributed by atoms with E-state index in [0.717, 1.165) is 25.7 Å². The second-order valence-corrected chi connectivity index (χ2v) is 9.97. The Bertz CT molecular complexity index is 1060. The van der Waals surface area contributed by atoms with Crippen molar-refractivity contribution < 1.29 is 24.2 Å². The standard InChI is InChI=1S/C28H32N2O5/c31-26(32)16-30(20-7-1-2-8-20)27(33)18-13-14-19(15-18)29-28(34)35-17-25-23-11-5-3-9-21(23)22-10-4-6-12-24(22)25/h3-6,9-12,18-20,25H,1-2,7-8,13-17H2,(H,29,34)(H,31,32)/t18-,19+/m0/s1. The zero-order valence-electron chi connectivity index (χ0n) is 19.8. The van der Waals surface area contributed by atoms with Crippen LogP contribution < -0.4 is 5.32 Å². The van der Waals surface area contributed by atoms with Crippen LogP contribution in [0.3, 0.4) is 0 Å². The average molecular weight is 477 g/mol. The number of nitrogens with zero attached hydrogens (tertiary/aromatic N) is 1. The summed E-state index contributed by atoms with van der Waals surface area (Å²) in [6.45, 7) is 0.00742. The normalized spacial score (nSPS) is 21.4. The molecule has 0 aliphatic heterocycles. The van der Waals surface area contributed by atoms with Gasteiger partial charge in [-0.2, -0.15) is 0 Å². The van der Waals surface area contributed by atoms with Crippen molar-refractivity contribution in [1.29, 1.82) is 0 Å². The summed E-state index contributed by atoms with van der Waals surface area (Å²) in [7, 11) is 0. The summed E-state index contributed by atoms with van der Waals surface area (Å²) in [4.78, 5) is 38.7. The summed E-state index contributed by atoms with van der Waals surface area (Å²) in [5.74, 6) is -1.32. The molecule has 2 aromatic rings. The lowest BCUT2D eigenvalue weighted by atomic mass is 9.98. The Hall–Kier alpha value is -3.35. The van der Waals surface area contributed by atoms with Gasteiger partial charge in [0.1, 0.15) is 13.2 Å². The summed E-state index contributed by atoms with van der Waals surface area (Å²) in [6, 6.07) is 16.3. The Kier molecular flexibility index (Phi) is 6.75. The fourth-order valence-corrected chi connectivity index (χ4v) is 6.13. The molecule has 5 rings (SSSR count). The first kappa shape index (κ1) is 23.4. The molecule has 0 saturated heterocycles. The number of alkyl carbamates (subject to hydrolysis) is 1. The van der Waals surface area contributed by atoms with Crippen LogP contribution >= 0.6 is 0 Å². The Labute approximate surface area is 205 Å². The monoisotopic (exact) mass is 476 g/mol. The van der Waals surface area contributed by atoms with Crippen molar-refractivity contribution >= 4 is 18.0 Å². The number of carbonyl (C=O) groups excluding carboxylic acids is 2. The van der Waals surface area contributed by atoms with Crippen LogP contribution in [0.4, 0.5) is 4.79 Å². The smallest absolute Gasteiger partial charge is 0.407 e. The number of rotatable bonds is 7. The van der Waals surface area contributed by atoms with Gasteiger partial charge in [0.2, 0.25) is 5.91 Å². The second-order valence-electron chi connectivity index (χ2n) is 9.97. The van der Waals surface area contributed by atoms with Gasteiger partial charge in [0.25, 0.3) is 0 Å². The first-order chi connectivity index (χ1) is 17.0.